The molecule has 0 unspecified atom stereocenters. The second kappa shape index (κ2) is 10.4. The summed E-state index contributed by atoms with van der Waals surface area (Å²) >= 11 is 0. The number of fused-ring (bicyclic) bond motifs is 1. The second-order valence-corrected chi connectivity index (χ2v) is 9.59. The van der Waals surface area contributed by atoms with E-state index in [1.54, 1.807) is 4.90 Å². The molecular weight excluding hydrogens is 466 g/mol. The molecular formula is C25H29F4N3O3. The van der Waals surface area contributed by atoms with Gasteiger partial charge in [0, 0.05) is 18.5 Å². The lowest BCUT2D eigenvalue weighted by molar-refractivity contribution is -0.143. The maximum Gasteiger partial charge on any atom is 0.435 e. The van der Waals surface area contributed by atoms with Crippen LogP contribution in [-0.2, 0) is 35.3 Å². The normalized spacial score (nSPS) is 21.2. The molecule has 2 aromatic rings. The Kier molecular flexibility index (Phi) is 7.47. The number of alkyl halides is 3. The molecule has 2 heterocycles. The summed E-state index contributed by atoms with van der Waals surface area (Å²) < 4.78 is 55.5. The van der Waals surface area contributed by atoms with Crippen LogP contribution in [0.3, 0.4) is 0 Å². The Hall–Kier alpha value is -2.91. The van der Waals surface area contributed by atoms with Crippen LogP contribution in [0, 0.1) is 17.7 Å². The van der Waals surface area contributed by atoms with Crippen LogP contribution in [0.1, 0.15) is 67.5 Å². The Labute approximate surface area is 200 Å². The lowest BCUT2D eigenvalue weighted by Gasteiger charge is -2.30. The molecule has 6 nitrogen and oxygen atoms in total. The lowest BCUT2D eigenvalue weighted by atomic mass is 9.84. The van der Waals surface area contributed by atoms with Crippen molar-refractivity contribution in [2.75, 3.05) is 6.54 Å². The number of hydrogen-bond donors (Lipinski definition) is 1. The number of carbonyl (C=O) groups excluding carboxylic acids is 1. The summed E-state index contributed by atoms with van der Waals surface area (Å²) in [4.78, 5) is 25.9. The van der Waals surface area contributed by atoms with Gasteiger partial charge in [0.2, 0.25) is 5.91 Å². The van der Waals surface area contributed by atoms with Crippen molar-refractivity contribution in [1.29, 1.82) is 0 Å². The second-order valence-electron chi connectivity index (χ2n) is 9.59. The minimum atomic E-state index is -4.60. The summed E-state index contributed by atoms with van der Waals surface area (Å²) in [6, 6.07) is 5.51. The van der Waals surface area contributed by atoms with Crippen molar-refractivity contribution >= 4 is 11.9 Å². The first-order chi connectivity index (χ1) is 16.6. The van der Waals surface area contributed by atoms with Crippen LogP contribution in [-0.4, -0.2) is 38.2 Å². The summed E-state index contributed by atoms with van der Waals surface area (Å²) in [6.07, 6.45) is 0.0416. The number of carboxylic acid groups (broad SMARTS) is 1. The van der Waals surface area contributed by atoms with Gasteiger partial charge in [-0.2, -0.15) is 18.3 Å². The number of amides is 1. The van der Waals surface area contributed by atoms with Gasteiger partial charge in [0.25, 0.3) is 0 Å². The number of carboxylic acids is 1. The van der Waals surface area contributed by atoms with E-state index >= 15 is 0 Å². The van der Waals surface area contributed by atoms with Crippen molar-refractivity contribution in [2.45, 2.75) is 70.6 Å². The third-order valence-electron chi connectivity index (χ3n) is 7.15. The van der Waals surface area contributed by atoms with Crippen molar-refractivity contribution < 1.29 is 32.3 Å². The smallest absolute Gasteiger partial charge is 0.435 e. The Morgan fingerprint density at radius 3 is 2.31 bits per heavy atom. The SMILES string of the molecule is O=C(O)C1CCCC(CC(=O)N2CCc3c(C(F)(F)F)nn(Cc4ccc(F)cc4)c3C2)CCC1. The van der Waals surface area contributed by atoms with Crippen molar-refractivity contribution in [3.63, 3.8) is 0 Å². The van der Waals surface area contributed by atoms with E-state index in [1.807, 2.05) is 0 Å². The molecule has 1 amide bonds. The van der Waals surface area contributed by atoms with Gasteiger partial charge in [-0.25, -0.2) is 4.39 Å². The molecule has 1 aliphatic heterocycles. The summed E-state index contributed by atoms with van der Waals surface area (Å²) in [6.45, 7) is 0.297. The highest BCUT2D eigenvalue weighted by molar-refractivity contribution is 5.76. The number of halogens is 4. The first kappa shape index (κ1) is 25.2. The van der Waals surface area contributed by atoms with Gasteiger partial charge in [-0.05, 0) is 55.7 Å². The van der Waals surface area contributed by atoms with E-state index in [0.717, 1.165) is 25.7 Å². The molecule has 190 valence electrons. The molecule has 1 aliphatic carbocycles. The molecule has 35 heavy (non-hydrogen) atoms. The fourth-order valence-corrected chi connectivity index (χ4v) is 5.24. The highest BCUT2D eigenvalue weighted by Crippen LogP contribution is 2.36. The number of hydrogen-bond acceptors (Lipinski definition) is 3. The van der Waals surface area contributed by atoms with Crippen LogP contribution in [0.4, 0.5) is 17.6 Å². The van der Waals surface area contributed by atoms with Gasteiger partial charge in [0.1, 0.15) is 5.82 Å². The van der Waals surface area contributed by atoms with E-state index in [1.165, 1.54) is 28.9 Å². The molecule has 1 saturated carbocycles. The van der Waals surface area contributed by atoms with Gasteiger partial charge in [0.15, 0.2) is 5.69 Å². The van der Waals surface area contributed by atoms with Crippen LogP contribution in [0.25, 0.3) is 0 Å². The minimum absolute atomic E-state index is 0.0479. The molecule has 0 atom stereocenters. The first-order valence-corrected chi connectivity index (χ1v) is 12.0. The molecule has 0 saturated heterocycles. The zero-order valence-electron chi connectivity index (χ0n) is 19.4. The molecule has 1 N–H and O–H groups in total. The van der Waals surface area contributed by atoms with Gasteiger partial charge in [0.05, 0.1) is 24.7 Å². The third kappa shape index (κ3) is 6.02. The Bertz CT molecular complexity index is 1060. The Balaban J connectivity index is 1.47. The van der Waals surface area contributed by atoms with E-state index in [0.29, 0.717) is 30.5 Å². The molecule has 10 heteroatoms. The van der Waals surface area contributed by atoms with Gasteiger partial charge in [-0.3, -0.25) is 14.3 Å². The highest BCUT2D eigenvalue weighted by atomic mass is 19.4. The fraction of sp³-hybridized carbons (Fsp3) is 0.560. The van der Waals surface area contributed by atoms with E-state index in [2.05, 4.69) is 5.10 Å². The largest absolute Gasteiger partial charge is 0.481 e. The van der Waals surface area contributed by atoms with E-state index < -0.39 is 23.7 Å². The van der Waals surface area contributed by atoms with Gasteiger partial charge >= 0.3 is 12.1 Å². The zero-order valence-corrected chi connectivity index (χ0v) is 19.4. The predicted molar refractivity (Wildman–Crippen MR) is 119 cm³/mol. The number of aromatic nitrogens is 2. The lowest BCUT2D eigenvalue weighted by Crippen LogP contribution is -2.38. The first-order valence-electron chi connectivity index (χ1n) is 12.0. The van der Waals surface area contributed by atoms with Crippen LogP contribution >= 0.6 is 0 Å². The molecule has 1 aromatic carbocycles. The van der Waals surface area contributed by atoms with Crippen LogP contribution in [0.15, 0.2) is 24.3 Å². The van der Waals surface area contributed by atoms with E-state index in [-0.39, 0.29) is 49.4 Å². The van der Waals surface area contributed by atoms with E-state index in [9.17, 15) is 32.3 Å². The molecule has 1 fully saturated rings. The van der Waals surface area contributed by atoms with Crippen molar-refractivity contribution in [3.8, 4) is 0 Å². The molecule has 0 spiro atoms. The van der Waals surface area contributed by atoms with Crippen LogP contribution in [0.2, 0.25) is 0 Å². The highest BCUT2D eigenvalue weighted by Gasteiger charge is 2.41. The fourth-order valence-electron chi connectivity index (χ4n) is 5.24. The summed E-state index contributed by atoms with van der Waals surface area (Å²) in [5.74, 6) is -1.47. The van der Waals surface area contributed by atoms with E-state index in [4.69, 9.17) is 0 Å². The quantitative estimate of drug-likeness (QED) is 0.590. The number of carbonyl (C=O) groups is 2. The average molecular weight is 496 g/mol. The molecule has 1 aromatic heterocycles. The monoisotopic (exact) mass is 495 g/mol. The number of rotatable bonds is 5. The number of nitrogens with zero attached hydrogens (tertiary/aromatic N) is 3. The zero-order chi connectivity index (χ0) is 25.2. The standard InChI is InChI=1S/C25H29F4N3O3/c26-19-9-7-17(8-10-19)14-32-21-15-31(12-11-20(21)23(30-32)25(27,28)29)22(33)13-16-3-1-5-18(24(34)35)6-2-4-16/h7-10,16,18H,1-6,11-15H2,(H,34,35). The van der Waals surface area contributed by atoms with Gasteiger partial charge < -0.3 is 10.0 Å². The maximum absolute atomic E-state index is 13.7. The molecule has 0 bridgehead atoms. The average Bonchev–Trinajstić information content (AvgIpc) is 3.15. The maximum atomic E-state index is 13.7. The number of aliphatic carboxylic acids is 1. The summed E-state index contributed by atoms with van der Waals surface area (Å²) in [5, 5.41) is 13.1. The molecule has 4 rings (SSSR count). The Morgan fingerprint density at radius 2 is 1.71 bits per heavy atom. The summed E-state index contributed by atoms with van der Waals surface area (Å²) in [5.41, 5.74) is 0.176. The minimum Gasteiger partial charge on any atom is -0.481 e. The number of benzene rings is 1. The summed E-state index contributed by atoms with van der Waals surface area (Å²) in [7, 11) is 0. The van der Waals surface area contributed by atoms with Crippen molar-refractivity contribution in [1.82, 2.24) is 14.7 Å². The van der Waals surface area contributed by atoms with Gasteiger partial charge in [-0.15, -0.1) is 0 Å². The molecule has 0 radical (unpaired) electrons. The van der Waals surface area contributed by atoms with Crippen LogP contribution < -0.4 is 0 Å². The van der Waals surface area contributed by atoms with Crippen molar-refractivity contribution in [3.05, 3.63) is 52.6 Å². The van der Waals surface area contributed by atoms with Gasteiger partial charge in [-0.1, -0.05) is 25.0 Å². The van der Waals surface area contributed by atoms with Crippen LogP contribution in [0.5, 0.6) is 0 Å². The topological polar surface area (TPSA) is 75.4 Å². The van der Waals surface area contributed by atoms with Crippen molar-refractivity contribution in [2.24, 2.45) is 11.8 Å². The molecule has 2 aliphatic rings. The third-order valence-corrected chi connectivity index (χ3v) is 7.15. The Morgan fingerprint density at radius 1 is 1.06 bits per heavy atom. The predicted octanol–water partition coefficient (Wildman–Crippen LogP) is 5.04.